The molecule has 0 atom stereocenters. The number of nitrogens with zero attached hydrogens (tertiary/aromatic N) is 1. The zero-order valence-corrected chi connectivity index (χ0v) is 18.2. The highest BCUT2D eigenvalue weighted by atomic mass is 79.9. The predicted octanol–water partition coefficient (Wildman–Crippen LogP) is 4.98. The highest BCUT2D eigenvalue weighted by Crippen LogP contribution is 2.34. The molecule has 7 heteroatoms. The van der Waals surface area contributed by atoms with Crippen molar-refractivity contribution in [3.63, 3.8) is 0 Å². The second kappa shape index (κ2) is 9.30. The monoisotopic (exact) mass is 477 g/mol. The third kappa shape index (κ3) is 4.83. The van der Waals surface area contributed by atoms with Gasteiger partial charge in [0.15, 0.2) is 11.0 Å². The average molecular weight is 479 g/mol. The molecule has 1 saturated heterocycles. The summed E-state index contributed by atoms with van der Waals surface area (Å²) in [5, 5.41) is 0.873. The molecule has 0 radical (unpaired) electrons. The van der Waals surface area contributed by atoms with Crippen LogP contribution in [-0.2, 0) is 4.74 Å². The van der Waals surface area contributed by atoms with E-state index < -0.39 is 0 Å². The van der Waals surface area contributed by atoms with Crippen LogP contribution in [0.4, 0.5) is 0 Å². The number of morpholine rings is 1. The normalized spacial score (nSPS) is 15.0. The fourth-order valence-corrected chi connectivity index (χ4v) is 3.94. The van der Waals surface area contributed by atoms with Crippen molar-refractivity contribution in [3.05, 3.63) is 62.2 Å². The lowest BCUT2D eigenvalue weighted by Gasteiger charge is -2.26. The van der Waals surface area contributed by atoms with Gasteiger partial charge >= 0.3 is 0 Å². The summed E-state index contributed by atoms with van der Waals surface area (Å²) in [5.41, 5.74) is 0.973. The largest absolute Gasteiger partial charge is 0.493 e. The molecule has 152 valence electrons. The van der Waals surface area contributed by atoms with Crippen molar-refractivity contribution in [2.24, 2.45) is 0 Å². The Morgan fingerprint density at radius 3 is 2.79 bits per heavy atom. The van der Waals surface area contributed by atoms with Crippen molar-refractivity contribution in [2.75, 3.05) is 39.5 Å². The van der Waals surface area contributed by atoms with E-state index in [9.17, 15) is 4.79 Å². The van der Waals surface area contributed by atoms with Crippen LogP contribution in [-0.4, -0.2) is 44.4 Å². The van der Waals surface area contributed by atoms with E-state index in [0.29, 0.717) is 34.1 Å². The van der Waals surface area contributed by atoms with Crippen LogP contribution in [0, 0.1) is 0 Å². The zero-order chi connectivity index (χ0) is 20.2. The van der Waals surface area contributed by atoms with Gasteiger partial charge in [0.2, 0.25) is 0 Å². The van der Waals surface area contributed by atoms with Crippen molar-refractivity contribution in [3.8, 4) is 17.1 Å². The minimum Gasteiger partial charge on any atom is -0.493 e. The number of para-hydroxylation sites is 1. The van der Waals surface area contributed by atoms with Crippen molar-refractivity contribution in [1.29, 1.82) is 0 Å². The Bertz CT molecular complexity index is 1060. The van der Waals surface area contributed by atoms with Crippen LogP contribution in [0.3, 0.4) is 0 Å². The van der Waals surface area contributed by atoms with E-state index in [-0.39, 0.29) is 5.43 Å². The van der Waals surface area contributed by atoms with E-state index in [1.807, 2.05) is 18.2 Å². The number of hydrogen-bond acceptors (Lipinski definition) is 5. The summed E-state index contributed by atoms with van der Waals surface area (Å²) in [6, 6.07) is 12.3. The highest BCUT2D eigenvalue weighted by Gasteiger charge is 2.15. The Hall–Kier alpha value is -1.86. The molecular weight excluding hydrogens is 458 g/mol. The van der Waals surface area contributed by atoms with Gasteiger partial charge in [-0.3, -0.25) is 9.69 Å². The first-order valence-electron chi connectivity index (χ1n) is 9.57. The molecule has 4 rings (SSSR count). The van der Waals surface area contributed by atoms with E-state index in [1.165, 1.54) is 6.07 Å². The van der Waals surface area contributed by atoms with Gasteiger partial charge in [-0.2, -0.15) is 0 Å². The van der Waals surface area contributed by atoms with Gasteiger partial charge in [-0.05, 0) is 36.8 Å². The molecule has 0 unspecified atom stereocenters. The maximum absolute atomic E-state index is 12.6. The molecule has 2 aromatic carbocycles. The lowest BCUT2D eigenvalue weighted by atomic mass is 10.1. The number of hydrogen-bond donors (Lipinski definition) is 0. The lowest BCUT2D eigenvalue weighted by molar-refractivity contribution is 0.0358. The number of benzene rings is 2. The van der Waals surface area contributed by atoms with E-state index in [0.717, 1.165) is 49.3 Å². The van der Waals surface area contributed by atoms with Crippen molar-refractivity contribution in [1.82, 2.24) is 4.90 Å². The number of ether oxygens (including phenoxy) is 2. The lowest BCUT2D eigenvalue weighted by Crippen LogP contribution is -2.37. The van der Waals surface area contributed by atoms with Crippen molar-refractivity contribution < 1.29 is 13.9 Å². The summed E-state index contributed by atoms with van der Waals surface area (Å²) in [6.07, 6.45) is 0.902. The summed E-state index contributed by atoms with van der Waals surface area (Å²) in [7, 11) is 0. The van der Waals surface area contributed by atoms with Gasteiger partial charge in [-0.15, -0.1) is 0 Å². The highest BCUT2D eigenvalue weighted by molar-refractivity contribution is 9.10. The molecule has 2 heterocycles. The molecule has 0 spiro atoms. The second-order valence-electron chi connectivity index (χ2n) is 6.89. The molecule has 0 aliphatic carbocycles. The van der Waals surface area contributed by atoms with Crippen LogP contribution in [0.1, 0.15) is 6.42 Å². The smallest absolute Gasteiger partial charge is 0.193 e. The molecule has 1 aliphatic rings. The molecule has 29 heavy (non-hydrogen) atoms. The summed E-state index contributed by atoms with van der Waals surface area (Å²) < 4.78 is 18.3. The van der Waals surface area contributed by atoms with Crippen LogP contribution in [0.2, 0.25) is 5.02 Å². The average Bonchev–Trinajstić information content (AvgIpc) is 2.73. The zero-order valence-electron chi connectivity index (χ0n) is 15.8. The molecule has 0 saturated carbocycles. The van der Waals surface area contributed by atoms with Crippen molar-refractivity contribution in [2.45, 2.75) is 6.42 Å². The Morgan fingerprint density at radius 1 is 1.14 bits per heavy atom. The van der Waals surface area contributed by atoms with Gasteiger partial charge in [0.25, 0.3) is 0 Å². The third-order valence-corrected chi connectivity index (χ3v) is 5.69. The van der Waals surface area contributed by atoms with E-state index in [2.05, 4.69) is 20.8 Å². The molecule has 1 aromatic heterocycles. The number of fused-ring (bicyclic) bond motifs is 1. The summed E-state index contributed by atoms with van der Waals surface area (Å²) >= 11 is 9.74. The van der Waals surface area contributed by atoms with E-state index in [1.54, 1.807) is 18.2 Å². The quantitative estimate of drug-likeness (QED) is 0.468. The molecule has 0 N–H and O–H groups in total. The first kappa shape index (κ1) is 20.4. The first-order valence-corrected chi connectivity index (χ1v) is 10.7. The Kier molecular flexibility index (Phi) is 6.55. The standard InChI is InChI=1S/C22H21BrClNO4/c23-15-5-6-17(20(13-15)28-10-2-7-25-8-11-27-12-9-25)21-14-19(26)16-3-1-4-18(24)22(16)29-21/h1,3-6,13-14H,2,7-12H2. The maximum atomic E-state index is 12.6. The Balaban J connectivity index is 1.56. The molecule has 1 fully saturated rings. The summed E-state index contributed by atoms with van der Waals surface area (Å²) in [5.74, 6) is 1.10. The Morgan fingerprint density at radius 2 is 1.97 bits per heavy atom. The van der Waals surface area contributed by atoms with Gasteiger partial charge < -0.3 is 13.9 Å². The van der Waals surface area contributed by atoms with Gasteiger partial charge in [-0.25, -0.2) is 0 Å². The molecule has 3 aromatic rings. The van der Waals surface area contributed by atoms with Crippen molar-refractivity contribution >= 4 is 38.5 Å². The summed E-state index contributed by atoms with van der Waals surface area (Å²) in [6.45, 7) is 5.05. The maximum Gasteiger partial charge on any atom is 0.193 e. The molecule has 1 aliphatic heterocycles. The third-order valence-electron chi connectivity index (χ3n) is 4.90. The Labute approximate surface area is 182 Å². The van der Waals surface area contributed by atoms with Crippen LogP contribution in [0.15, 0.2) is 56.1 Å². The van der Waals surface area contributed by atoms with Crippen LogP contribution >= 0.6 is 27.5 Å². The van der Waals surface area contributed by atoms with Crippen LogP contribution < -0.4 is 10.2 Å². The number of rotatable bonds is 6. The molecular formula is C22H21BrClNO4. The first-order chi connectivity index (χ1) is 14.1. The second-order valence-corrected chi connectivity index (χ2v) is 8.21. The summed E-state index contributed by atoms with van der Waals surface area (Å²) in [4.78, 5) is 14.9. The van der Waals surface area contributed by atoms with Gasteiger partial charge in [0.1, 0.15) is 11.5 Å². The van der Waals surface area contributed by atoms with Crippen LogP contribution in [0.5, 0.6) is 5.75 Å². The van der Waals surface area contributed by atoms with Gasteiger partial charge in [0, 0.05) is 30.2 Å². The SMILES string of the molecule is O=c1cc(-c2ccc(Br)cc2OCCCN2CCOCC2)oc2c(Cl)cccc12. The fourth-order valence-electron chi connectivity index (χ4n) is 3.39. The molecule has 0 bridgehead atoms. The predicted molar refractivity (Wildman–Crippen MR) is 118 cm³/mol. The minimum atomic E-state index is -0.134. The molecule has 5 nitrogen and oxygen atoms in total. The van der Waals surface area contributed by atoms with Gasteiger partial charge in [0.05, 0.1) is 35.8 Å². The fraction of sp³-hybridized carbons (Fsp3) is 0.318. The minimum absolute atomic E-state index is 0.134. The van der Waals surface area contributed by atoms with Crippen LogP contribution in [0.25, 0.3) is 22.3 Å². The topological polar surface area (TPSA) is 51.9 Å². The van der Waals surface area contributed by atoms with E-state index >= 15 is 0 Å². The number of halogens is 2. The molecule has 0 amide bonds. The van der Waals surface area contributed by atoms with E-state index in [4.69, 9.17) is 25.5 Å². The van der Waals surface area contributed by atoms with Gasteiger partial charge in [-0.1, -0.05) is 33.6 Å².